The molecular formula is C12H22N2O3. The summed E-state index contributed by atoms with van der Waals surface area (Å²) < 4.78 is 0. The molecule has 0 radical (unpaired) electrons. The molecule has 17 heavy (non-hydrogen) atoms. The highest BCUT2D eigenvalue weighted by Gasteiger charge is 2.33. The molecule has 2 atom stereocenters. The largest absolute Gasteiger partial charge is 0.480 e. The van der Waals surface area contributed by atoms with E-state index >= 15 is 0 Å². The number of aliphatic carboxylic acids is 1. The minimum Gasteiger partial charge on any atom is -0.480 e. The lowest BCUT2D eigenvalue weighted by molar-refractivity contribution is -0.146. The third-order valence-electron chi connectivity index (χ3n) is 3.40. The first-order chi connectivity index (χ1) is 8.08. The Morgan fingerprint density at radius 1 is 1.41 bits per heavy atom. The number of nitrogens with zero attached hydrogens (tertiary/aromatic N) is 1. The second-order valence-corrected chi connectivity index (χ2v) is 4.58. The third kappa shape index (κ3) is 4.00. The van der Waals surface area contributed by atoms with E-state index in [0.29, 0.717) is 25.4 Å². The summed E-state index contributed by atoms with van der Waals surface area (Å²) in [7, 11) is 0. The lowest BCUT2D eigenvalue weighted by Gasteiger charge is -2.36. The van der Waals surface area contributed by atoms with Gasteiger partial charge in [-0.1, -0.05) is 13.3 Å². The molecule has 1 aliphatic rings. The van der Waals surface area contributed by atoms with E-state index in [1.807, 2.05) is 6.92 Å². The van der Waals surface area contributed by atoms with Gasteiger partial charge in [-0.3, -0.25) is 14.5 Å². The molecule has 1 aliphatic heterocycles. The fourth-order valence-electron chi connectivity index (χ4n) is 2.34. The molecule has 5 nitrogen and oxygen atoms in total. The summed E-state index contributed by atoms with van der Waals surface area (Å²) in [5.74, 6) is -0.428. The lowest BCUT2D eigenvalue weighted by atomic mass is 9.89. The smallest absolute Gasteiger partial charge is 0.320 e. The van der Waals surface area contributed by atoms with E-state index in [2.05, 4.69) is 12.2 Å². The average Bonchev–Trinajstić information content (AvgIpc) is 2.29. The van der Waals surface area contributed by atoms with Gasteiger partial charge >= 0.3 is 5.97 Å². The van der Waals surface area contributed by atoms with Crippen molar-refractivity contribution in [2.24, 2.45) is 5.92 Å². The fourth-order valence-corrected chi connectivity index (χ4v) is 2.34. The molecular weight excluding hydrogens is 220 g/mol. The van der Waals surface area contributed by atoms with Crippen LogP contribution >= 0.6 is 0 Å². The van der Waals surface area contributed by atoms with Gasteiger partial charge in [0.15, 0.2) is 0 Å². The molecule has 2 unspecified atom stereocenters. The first-order valence-corrected chi connectivity index (χ1v) is 6.32. The number of rotatable bonds is 5. The average molecular weight is 242 g/mol. The Balaban J connectivity index is 2.57. The summed E-state index contributed by atoms with van der Waals surface area (Å²) in [5, 5.41) is 11.9. The van der Waals surface area contributed by atoms with Crippen LogP contribution < -0.4 is 5.32 Å². The monoisotopic (exact) mass is 242 g/mol. The Hall–Kier alpha value is -1.10. The number of carboxylic acid groups (broad SMARTS) is 1. The van der Waals surface area contributed by atoms with Crippen molar-refractivity contribution < 1.29 is 14.7 Å². The predicted molar refractivity (Wildman–Crippen MR) is 64.7 cm³/mol. The summed E-state index contributed by atoms with van der Waals surface area (Å²) in [5.41, 5.74) is 0. The van der Waals surface area contributed by atoms with Crippen LogP contribution in [0.25, 0.3) is 0 Å². The lowest BCUT2D eigenvalue weighted by Crippen LogP contribution is -2.50. The summed E-state index contributed by atoms with van der Waals surface area (Å²) >= 11 is 0. The van der Waals surface area contributed by atoms with Gasteiger partial charge in [0, 0.05) is 6.54 Å². The predicted octanol–water partition coefficient (Wildman–Crippen LogP) is 0.698. The number of carboxylic acids is 1. The molecule has 1 fully saturated rings. The Kier molecular flexibility index (Phi) is 5.41. The van der Waals surface area contributed by atoms with Gasteiger partial charge in [0.25, 0.3) is 0 Å². The molecule has 98 valence electrons. The van der Waals surface area contributed by atoms with Crippen molar-refractivity contribution in [3.63, 3.8) is 0 Å². The van der Waals surface area contributed by atoms with Crippen LogP contribution in [0.5, 0.6) is 0 Å². The van der Waals surface area contributed by atoms with E-state index in [1.165, 1.54) is 0 Å². The Morgan fingerprint density at radius 3 is 2.65 bits per heavy atom. The minimum absolute atomic E-state index is 0.0892. The van der Waals surface area contributed by atoms with Gasteiger partial charge in [0.1, 0.15) is 6.04 Å². The minimum atomic E-state index is -0.813. The zero-order chi connectivity index (χ0) is 12.8. The highest BCUT2D eigenvalue weighted by atomic mass is 16.4. The molecule has 0 bridgehead atoms. The van der Waals surface area contributed by atoms with Crippen molar-refractivity contribution in [1.29, 1.82) is 0 Å². The zero-order valence-electron chi connectivity index (χ0n) is 10.6. The highest BCUT2D eigenvalue weighted by molar-refractivity contribution is 5.80. The van der Waals surface area contributed by atoms with E-state index in [0.717, 1.165) is 12.8 Å². The van der Waals surface area contributed by atoms with E-state index < -0.39 is 12.0 Å². The zero-order valence-corrected chi connectivity index (χ0v) is 10.6. The molecule has 1 saturated heterocycles. The van der Waals surface area contributed by atoms with Crippen LogP contribution in [-0.4, -0.2) is 47.6 Å². The van der Waals surface area contributed by atoms with Crippen molar-refractivity contribution in [3.8, 4) is 0 Å². The number of hydrogen-bond acceptors (Lipinski definition) is 3. The molecule has 1 rings (SSSR count). The van der Waals surface area contributed by atoms with Crippen LogP contribution in [0.2, 0.25) is 0 Å². The molecule has 5 heteroatoms. The van der Waals surface area contributed by atoms with Crippen LogP contribution in [0.1, 0.15) is 33.1 Å². The van der Waals surface area contributed by atoms with Gasteiger partial charge in [-0.15, -0.1) is 0 Å². The molecule has 1 heterocycles. The van der Waals surface area contributed by atoms with Crippen LogP contribution in [0.4, 0.5) is 0 Å². The van der Waals surface area contributed by atoms with Gasteiger partial charge in [0.2, 0.25) is 5.91 Å². The van der Waals surface area contributed by atoms with Gasteiger partial charge in [-0.2, -0.15) is 0 Å². The normalized spacial score (nSPS) is 25.5. The number of piperidine rings is 1. The number of carbonyl (C=O) groups excluding carboxylic acids is 1. The molecule has 2 N–H and O–H groups in total. The van der Waals surface area contributed by atoms with Gasteiger partial charge in [-0.25, -0.2) is 0 Å². The van der Waals surface area contributed by atoms with Crippen molar-refractivity contribution in [3.05, 3.63) is 0 Å². The van der Waals surface area contributed by atoms with Crippen molar-refractivity contribution >= 4 is 11.9 Å². The Bertz CT molecular complexity index is 279. The van der Waals surface area contributed by atoms with Gasteiger partial charge in [-0.05, 0) is 32.2 Å². The summed E-state index contributed by atoms with van der Waals surface area (Å²) in [6.45, 7) is 5.43. The van der Waals surface area contributed by atoms with E-state index in [9.17, 15) is 14.7 Å². The first-order valence-electron chi connectivity index (χ1n) is 6.32. The second-order valence-electron chi connectivity index (χ2n) is 4.58. The summed E-state index contributed by atoms with van der Waals surface area (Å²) in [6.07, 6.45) is 2.66. The number of likely N-dealkylation sites (N-methyl/N-ethyl adjacent to an activating group) is 1. The number of hydrogen-bond donors (Lipinski definition) is 2. The SMILES string of the molecule is CCNC(=O)CN1CCC(CC)CC1C(=O)O. The van der Waals surface area contributed by atoms with Crippen LogP contribution in [0.3, 0.4) is 0 Å². The van der Waals surface area contributed by atoms with E-state index in [4.69, 9.17) is 0 Å². The maximum absolute atomic E-state index is 11.5. The van der Waals surface area contributed by atoms with Crippen molar-refractivity contribution in [2.75, 3.05) is 19.6 Å². The highest BCUT2D eigenvalue weighted by Crippen LogP contribution is 2.25. The Labute approximate surface area is 102 Å². The number of nitrogens with one attached hydrogen (secondary N) is 1. The fraction of sp³-hybridized carbons (Fsp3) is 0.833. The van der Waals surface area contributed by atoms with Crippen molar-refractivity contribution in [2.45, 2.75) is 39.2 Å². The first kappa shape index (κ1) is 14.0. The van der Waals surface area contributed by atoms with Gasteiger partial charge < -0.3 is 10.4 Å². The van der Waals surface area contributed by atoms with Gasteiger partial charge in [0.05, 0.1) is 6.54 Å². The summed E-state index contributed by atoms with van der Waals surface area (Å²) in [6, 6.07) is -0.503. The number of likely N-dealkylation sites (tertiary alicyclic amines) is 1. The van der Waals surface area contributed by atoms with Crippen LogP contribution in [-0.2, 0) is 9.59 Å². The third-order valence-corrected chi connectivity index (χ3v) is 3.40. The standard InChI is InChI=1S/C12H22N2O3/c1-3-9-5-6-14(8-11(15)13-4-2)10(7-9)12(16)17/h9-10H,3-8H2,1-2H3,(H,13,15)(H,16,17). The van der Waals surface area contributed by atoms with Crippen LogP contribution in [0.15, 0.2) is 0 Å². The topological polar surface area (TPSA) is 69.6 Å². The molecule has 0 aromatic rings. The second kappa shape index (κ2) is 6.59. The maximum atomic E-state index is 11.5. The van der Waals surface area contributed by atoms with Crippen LogP contribution in [0, 0.1) is 5.92 Å². The summed E-state index contributed by atoms with van der Waals surface area (Å²) in [4.78, 5) is 24.5. The molecule has 0 aromatic carbocycles. The molecule has 0 aliphatic carbocycles. The molecule has 0 spiro atoms. The molecule has 0 aromatic heterocycles. The van der Waals surface area contributed by atoms with E-state index in [1.54, 1.807) is 4.90 Å². The quantitative estimate of drug-likeness (QED) is 0.744. The maximum Gasteiger partial charge on any atom is 0.320 e. The molecule has 1 amide bonds. The van der Waals surface area contributed by atoms with E-state index in [-0.39, 0.29) is 12.5 Å². The number of carbonyl (C=O) groups is 2. The Morgan fingerprint density at radius 2 is 2.12 bits per heavy atom. The number of amides is 1. The molecule has 0 saturated carbocycles. The van der Waals surface area contributed by atoms with Crippen molar-refractivity contribution in [1.82, 2.24) is 10.2 Å².